The maximum absolute atomic E-state index is 5.59. The highest BCUT2D eigenvalue weighted by atomic mass is 16.5. The van der Waals surface area contributed by atoms with E-state index in [2.05, 4.69) is 44.2 Å². The van der Waals surface area contributed by atoms with Gasteiger partial charge in [0, 0.05) is 0 Å². The molecule has 2 aromatic rings. The average molecular weight is 200 g/mol. The summed E-state index contributed by atoms with van der Waals surface area (Å²) in [6.07, 6.45) is 1.05. The van der Waals surface area contributed by atoms with Crippen LogP contribution in [0.15, 0.2) is 36.4 Å². The third-order valence-electron chi connectivity index (χ3n) is 2.44. The SMILES string of the molecule is CCCOc1ccc2cc(C)ccc2c1. The van der Waals surface area contributed by atoms with Crippen molar-refractivity contribution >= 4 is 10.8 Å². The Morgan fingerprint density at radius 3 is 2.53 bits per heavy atom. The molecule has 0 atom stereocenters. The van der Waals surface area contributed by atoms with Crippen molar-refractivity contribution in [2.24, 2.45) is 0 Å². The van der Waals surface area contributed by atoms with Gasteiger partial charge in [0.05, 0.1) is 6.61 Å². The molecule has 0 aliphatic heterocycles. The zero-order valence-corrected chi connectivity index (χ0v) is 9.29. The Morgan fingerprint density at radius 2 is 1.73 bits per heavy atom. The zero-order chi connectivity index (χ0) is 10.7. The Labute approximate surface area is 90.7 Å². The molecule has 0 amide bonds. The number of benzene rings is 2. The lowest BCUT2D eigenvalue weighted by atomic mass is 10.1. The summed E-state index contributed by atoms with van der Waals surface area (Å²) < 4.78 is 5.59. The molecule has 1 nitrogen and oxygen atoms in total. The second-order valence-electron chi connectivity index (χ2n) is 3.86. The highest BCUT2D eigenvalue weighted by Crippen LogP contribution is 2.21. The molecular formula is C14H16O. The van der Waals surface area contributed by atoms with E-state index in [1.54, 1.807) is 0 Å². The molecule has 0 spiro atoms. The van der Waals surface area contributed by atoms with Crippen molar-refractivity contribution in [2.45, 2.75) is 20.3 Å². The van der Waals surface area contributed by atoms with E-state index in [4.69, 9.17) is 4.74 Å². The molecule has 0 heterocycles. The predicted molar refractivity (Wildman–Crippen MR) is 64.5 cm³/mol. The molecule has 15 heavy (non-hydrogen) atoms. The minimum Gasteiger partial charge on any atom is -0.494 e. The Kier molecular flexibility index (Phi) is 2.91. The summed E-state index contributed by atoms with van der Waals surface area (Å²) in [6, 6.07) is 12.7. The van der Waals surface area contributed by atoms with E-state index >= 15 is 0 Å². The van der Waals surface area contributed by atoms with Gasteiger partial charge in [-0.3, -0.25) is 0 Å². The number of rotatable bonds is 3. The first kappa shape index (κ1) is 10.0. The maximum atomic E-state index is 5.59. The first-order chi connectivity index (χ1) is 7.29. The molecule has 0 saturated heterocycles. The minimum absolute atomic E-state index is 0.789. The Bertz CT molecular complexity index is 460. The summed E-state index contributed by atoms with van der Waals surface area (Å²) in [5.41, 5.74) is 1.30. The molecule has 0 saturated carbocycles. The van der Waals surface area contributed by atoms with Crippen molar-refractivity contribution in [1.29, 1.82) is 0 Å². The van der Waals surface area contributed by atoms with Gasteiger partial charge in [-0.15, -0.1) is 0 Å². The highest BCUT2D eigenvalue weighted by molar-refractivity contribution is 5.84. The number of hydrogen-bond donors (Lipinski definition) is 0. The molecule has 0 unspecified atom stereocenters. The predicted octanol–water partition coefficient (Wildman–Crippen LogP) is 3.94. The van der Waals surface area contributed by atoms with Crippen molar-refractivity contribution in [1.82, 2.24) is 0 Å². The van der Waals surface area contributed by atoms with Crippen LogP contribution in [-0.2, 0) is 0 Å². The number of hydrogen-bond acceptors (Lipinski definition) is 1. The van der Waals surface area contributed by atoms with E-state index in [1.165, 1.54) is 16.3 Å². The molecule has 1 heteroatoms. The molecule has 2 rings (SSSR count). The molecule has 0 aliphatic carbocycles. The van der Waals surface area contributed by atoms with Crippen LogP contribution < -0.4 is 4.74 Å². The van der Waals surface area contributed by atoms with Gasteiger partial charge in [-0.1, -0.05) is 36.8 Å². The van der Waals surface area contributed by atoms with E-state index in [9.17, 15) is 0 Å². The molecular weight excluding hydrogens is 184 g/mol. The molecule has 0 N–H and O–H groups in total. The lowest BCUT2D eigenvalue weighted by Gasteiger charge is -2.06. The molecule has 0 aromatic heterocycles. The van der Waals surface area contributed by atoms with Crippen LogP contribution in [0, 0.1) is 6.92 Å². The van der Waals surface area contributed by atoms with Crippen molar-refractivity contribution in [2.75, 3.05) is 6.61 Å². The van der Waals surface area contributed by atoms with Crippen LogP contribution in [0.25, 0.3) is 10.8 Å². The fourth-order valence-corrected chi connectivity index (χ4v) is 1.65. The van der Waals surface area contributed by atoms with Crippen molar-refractivity contribution < 1.29 is 4.74 Å². The van der Waals surface area contributed by atoms with Crippen LogP contribution >= 0.6 is 0 Å². The fourth-order valence-electron chi connectivity index (χ4n) is 1.65. The van der Waals surface area contributed by atoms with Crippen molar-refractivity contribution in [3.8, 4) is 5.75 Å². The maximum Gasteiger partial charge on any atom is 0.119 e. The number of fused-ring (bicyclic) bond motifs is 1. The van der Waals surface area contributed by atoms with E-state index in [0.717, 1.165) is 18.8 Å². The van der Waals surface area contributed by atoms with Crippen molar-refractivity contribution in [3.05, 3.63) is 42.0 Å². The van der Waals surface area contributed by atoms with Gasteiger partial charge in [0.2, 0.25) is 0 Å². The van der Waals surface area contributed by atoms with Crippen LogP contribution in [0.3, 0.4) is 0 Å². The first-order valence-corrected chi connectivity index (χ1v) is 5.43. The molecule has 0 fully saturated rings. The molecule has 2 aromatic carbocycles. The molecule has 0 aliphatic rings. The average Bonchev–Trinajstić information content (AvgIpc) is 2.26. The molecule has 0 bridgehead atoms. The van der Waals surface area contributed by atoms with Crippen LogP contribution in [0.2, 0.25) is 0 Å². The summed E-state index contributed by atoms with van der Waals surface area (Å²) in [6.45, 7) is 5.02. The zero-order valence-electron chi connectivity index (χ0n) is 9.29. The van der Waals surface area contributed by atoms with Gasteiger partial charge in [-0.05, 0) is 36.2 Å². The topological polar surface area (TPSA) is 9.23 Å². The summed E-state index contributed by atoms with van der Waals surface area (Å²) in [4.78, 5) is 0. The van der Waals surface area contributed by atoms with Gasteiger partial charge in [-0.2, -0.15) is 0 Å². The van der Waals surface area contributed by atoms with E-state index < -0.39 is 0 Å². The summed E-state index contributed by atoms with van der Waals surface area (Å²) >= 11 is 0. The van der Waals surface area contributed by atoms with Crippen LogP contribution in [0.5, 0.6) is 5.75 Å². The van der Waals surface area contributed by atoms with Gasteiger partial charge in [0.15, 0.2) is 0 Å². The van der Waals surface area contributed by atoms with Gasteiger partial charge in [0.1, 0.15) is 5.75 Å². The van der Waals surface area contributed by atoms with E-state index in [1.807, 2.05) is 6.07 Å². The van der Waals surface area contributed by atoms with Gasteiger partial charge in [0.25, 0.3) is 0 Å². The lowest BCUT2D eigenvalue weighted by Crippen LogP contribution is -1.94. The van der Waals surface area contributed by atoms with Crippen LogP contribution in [0.4, 0.5) is 0 Å². The van der Waals surface area contributed by atoms with Crippen LogP contribution in [-0.4, -0.2) is 6.61 Å². The quantitative estimate of drug-likeness (QED) is 0.729. The third-order valence-corrected chi connectivity index (χ3v) is 2.44. The van der Waals surface area contributed by atoms with Crippen molar-refractivity contribution in [3.63, 3.8) is 0 Å². The Balaban J connectivity index is 2.34. The normalized spacial score (nSPS) is 10.5. The van der Waals surface area contributed by atoms with Crippen LogP contribution in [0.1, 0.15) is 18.9 Å². The standard InChI is InChI=1S/C14H16O/c1-3-8-15-14-7-6-12-9-11(2)4-5-13(12)10-14/h4-7,9-10H,3,8H2,1-2H3. The highest BCUT2D eigenvalue weighted by Gasteiger charge is 1.97. The number of ether oxygens (including phenoxy) is 1. The monoisotopic (exact) mass is 200 g/mol. The second kappa shape index (κ2) is 4.35. The Morgan fingerprint density at radius 1 is 1.00 bits per heavy atom. The lowest BCUT2D eigenvalue weighted by molar-refractivity contribution is 0.318. The van der Waals surface area contributed by atoms with Gasteiger partial charge < -0.3 is 4.74 Å². The first-order valence-electron chi connectivity index (χ1n) is 5.43. The van der Waals surface area contributed by atoms with Gasteiger partial charge >= 0.3 is 0 Å². The smallest absolute Gasteiger partial charge is 0.119 e. The summed E-state index contributed by atoms with van der Waals surface area (Å²) in [7, 11) is 0. The largest absolute Gasteiger partial charge is 0.494 e. The minimum atomic E-state index is 0.789. The third kappa shape index (κ3) is 2.30. The van der Waals surface area contributed by atoms with E-state index in [-0.39, 0.29) is 0 Å². The Hall–Kier alpha value is -1.50. The van der Waals surface area contributed by atoms with Gasteiger partial charge in [-0.25, -0.2) is 0 Å². The molecule has 78 valence electrons. The summed E-state index contributed by atoms with van der Waals surface area (Å²) in [5, 5.41) is 2.52. The number of aryl methyl sites for hydroxylation is 1. The second-order valence-corrected chi connectivity index (χ2v) is 3.86. The fraction of sp³-hybridized carbons (Fsp3) is 0.286. The molecule has 0 radical (unpaired) electrons. The summed E-state index contributed by atoms with van der Waals surface area (Å²) in [5.74, 6) is 0.966. The van der Waals surface area contributed by atoms with E-state index in [0.29, 0.717) is 0 Å².